The van der Waals surface area contributed by atoms with E-state index in [1.165, 1.54) is 0 Å². The van der Waals surface area contributed by atoms with Gasteiger partial charge >= 0.3 is 0 Å². The quantitative estimate of drug-likeness (QED) is 0.775. The van der Waals surface area contributed by atoms with Gasteiger partial charge in [0, 0.05) is 11.3 Å². The molecule has 0 aliphatic rings. The average Bonchev–Trinajstić information content (AvgIpc) is 2.90. The maximum atomic E-state index is 11.5. The van der Waals surface area contributed by atoms with Gasteiger partial charge in [-0.25, -0.2) is 0 Å². The van der Waals surface area contributed by atoms with E-state index in [0.29, 0.717) is 5.56 Å². The zero-order valence-electron chi connectivity index (χ0n) is 8.87. The van der Waals surface area contributed by atoms with Crippen LogP contribution in [0.2, 0.25) is 0 Å². The fourth-order valence-electron chi connectivity index (χ4n) is 1.34. The van der Waals surface area contributed by atoms with Crippen molar-refractivity contribution in [3.8, 4) is 11.8 Å². The second-order valence-corrected chi connectivity index (χ2v) is 3.26. The zero-order valence-corrected chi connectivity index (χ0v) is 8.87. The molecule has 0 aliphatic carbocycles. The van der Waals surface area contributed by atoms with Gasteiger partial charge in [0.15, 0.2) is 0 Å². The van der Waals surface area contributed by atoms with E-state index in [2.05, 4.69) is 15.5 Å². The van der Waals surface area contributed by atoms with E-state index in [-0.39, 0.29) is 12.5 Å². The van der Waals surface area contributed by atoms with Crippen LogP contribution in [0, 0.1) is 11.3 Å². The minimum atomic E-state index is -0.262. The van der Waals surface area contributed by atoms with E-state index in [9.17, 15) is 4.79 Å². The van der Waals surface area contributed by atoms with E-state index in [4.69, 9.17) is 5.26 Å². The molecule has 84 valence electrons. The fraction of sp³-hybridized carbons (Fsp3) is 0.0909. The molecular formula is C11H9N5O. The van der Waals surface area contributed by atoms with E-state index in [1.807, 2.05) is 6.07 Å². The van der Waals surface area contributed by atoms with Gasteiger partial charge in [0.05, 0.1) is 6.07 Å². The minimum Gasteiger partial charge on any atom is -0.339 e. The number of hydrogen-bond donors (Lipinski definition) is 1. The van der Waals surface area contributed by atoms with Crippen LogP contribution in [-0.4, -0.2) is 27.2 Å². The molecule has 0 fully saturated rings. The highest BCUT2D eigenvalue weighted by Crippen LogP contribution is 2.08. The van der Waals surface area contributed by atoms with E-state index in [1.54, 1.807) is 41.5 Å². The minimum absolute atomic E-state index is 0.00598. The molecule has 17 heavy (non-hydrogen) atoms. The third kappa shape index (κ3) is 2.46. The van der Waals surface area contributed by atoms with Crippen LogP contribution in [0.5, 0.6) is 0 Å². The first-order chi connectivity index (χ1) is 8.31. The van der Waals surface area contributed by atoms with E-state index >= 15 is 0 Å². The molecule has 0 atom stereocenters. The molecule has 1 N–H and O–H groups in total. The molecular weight excluding hydrogens is 218 g/mol. The lowest BCUT2D eigenvalue weighted by molar-refractivity contribution is 0.0958. The summed E-state index contributed by atoms with van der Waals surface area (Å²) in [5.41, 5.74) is 1.38. The van der Waals surface area contributed by atoms with Gasteiger partial charge in [-0.15, -0.1) is 10.2 Å². The molecule has 6 nitrogen and oxygen atoms in total. The highest BCUT2D eigenvalue weighted by Gasteiger charge is 2.04. The van der Waals surface area contributed by atoms with Gasteiger partial charge in [0.25, 0.3) is 5.91 Å². The molecule has 2 aromatic rings. The van der Waals surface area contributed by atoms with Gasteiger partial charge in [-0.05, 0) is 24.3 Å². The van der Waals surface area contributed by atoms with Crippen molar-refractivity contribution in [2.24, 2.45) is 0 Å². The molecule has 0 radical (unpaired) electrons. The summed E-state index contributed by atoms with van der Waals surface area (Å²) in [5.74, 6) is -0.262. The molecule has 1 amide bonds. The Bertz CT molecular complexity index is 538. The molecule has 1 aromatic heterocycles. The molecule has 0 spiro atoms. The number of benzene rings is 1. The average molecular weight is 227 g/mol. The third-order valence-corrected chi connectivity index (χ3v) is 2.17. The molecule has 1 heterocycles. The van der Waals surface area contributed by atoms with Gasteiger partial charge in [-0.1, -0.05) is 0 Å². The lowest BCUT2D eigenvalue weighted by Gasteiger charge is -2.03. The summed E-state index contributed by atoms with van der Waals surface area (Å²) in [7, 11) is 0. The first-order valence-electron chi connectivity index (χ1n) is 4.91. The molecule has 2 rings (SSSR count). The first kappa shape index (κ1) is 10.8. The Morgan fingerprint density at radius 1 is 1.29 bits per heavy atom. The van der Waals surface area contributed by atoms with Crippen LogP contribution in [0.15, 0.2) is 36.9 Å². The third-order valence-electron chi connectivity index (χ3n) is 2.17. The lowest BCUT2D eigenvalue weighted by atomic mass is 10.2. The Morgan fingerprint density at radius 2 is 1.94 bits per heavy atom. The largest absolute Gasteiger partial charge is 0.339 e. The van der Waals surface area contributed by atoms with Gasteiger partial charge in [-0.3, -0.25) is 9.36 Å². The van der Waals surface area contributed by atoms with Crippen molar-refractivity contribution < 1.29 is 4.79 Å². The second-order valence-electron chi connectivity index (χ2n) is 3.26. The molecule has 0 aliphatic heterocycles. The van der Waals surface area contributed by atoms with Crippen LogP contribution in [-0.2, 0) is 0 Å². The van der Waals surface area contributed by atoms with Crippen LogP contribution >= 0.6 is 0 Å². The highest BCUT2D eigenvalue weighted by atomic mass is 16.1. The van der Waals surface area contributed by atoms with Crippen molar-refractivity contribution in [1.29, 1.82) is 5.26 Å². The molecule has 6 heteroatoms. The summed E-state index contributed by atoms with van der Waals surface area (Å²) in [6.07, 6.45) is 3.15. The van der Waals surface area contributed by atoms with Crippen molar-refractivity contribution in [2.45, 2.75) is 0 Å². The van der Waals surface area contributed by atoms with E-state index < -0.39 is 0 Å². The monoisotopic (exact) mass is 227 g/mol. The van der Waals surface area contributed by atoms with Gasteiger partial charge < -0.3 is 5.32 Å². The van der Waals surface area contributed by atoms with Crippen LogP contribution in [0.25, 0.3) is 5.69 Å². The maximum absolute atomic E-state index is 11.5. The lowest BCUT2D eigenvalue weighted by Crippen LogP contribution is -2.23. The van der Waals surface area contributed by atoms with Crippen LogP contribution in [0.3, 0.4) is 0 Å². The summed E-state index contributed by atoms with van der Waals surface area (Å²) in [5, 5.41) is 18.2. The second kappa shape index (κ2) is 4.90. The topological polar surface area (TPSA) is 83.6 Å². The summed E-state index contributed by atoms with van der Waals surface area (Å²) in [6, 6.07) is 8.78. The van der Waals surface area contributed by atoms with Gasteiger partial charge in [-0.2, -0.15) is 5.26 Å². The number of amides is 1. The molecule has 0 unspecified atom stereocenters. The number of aromatic nitrogens is 3. The number of hydrogen-bond acceptors (Lipinski definition) is 4. The van der Waals surface area contributed by atoms with Crippen LogP contribution in [0.1, 0.15) is 10.4 Å². The highest BCUT2D eigenvalue weighted by molar-refractivity contribution is 5.94. The number of carbonyl (C=O) groups is 1. The van der Waals surface area contributed by atoms with Crippen molar-refractivity contribution in [2.75, 3.05) is 6.54 Å². The summed E-state index contributed by atoms with van der Waals surface area (Å²) < 4.78 is 1.73. The molecule has 0 saturated heterocycles. The van der Waals surface area contributed by atoms with Crippen LogP contribution < -0.4 is 5.32 Å². The Hall–Kier alpha value is -2.68. The summed E-state index contributed by atoms with van der Waals surface area (Å²) in [6.45, 7) is 0.00598. The normalized spacial score (nSPS) is 9.59. The van der Waals surface area contributed by atoms with Crippen LogP contribution in [0.4, 0.5) is 0 Å². The smallest absolute Gasteiger partial charge is 0.252 e. The number of nitrogens with one attached hydrogen (secondary N) is 1. The molecule has 0 saturated carbocycles. The number of nitrogens with zero attached hydrogens (tertiary/aromatic N) is 4. The van der Waals surface area contributed by atoms with Gasteiger partial charge in [0.1, 0.15) is 19.2 Å². The number of carbonyl (C=O) groups excluding carboxylic acids is 1. The van der Waals surface area contributed by atoms with Gasteiger partial charge in [0.2, 0.25) is 0 Å². The molecule has 0 bridgehead atoms. The Labute approximate surface area is 97.5 Å². The standard InChI is InChI=1S/C11H9N5O/c12-5-6-13-11(17)9-1-3-10(4-2-9)16-7-14-15-8-16/h1-4,7-8H,6H2,(H,13,17). The van der Waals surface area contributed by atoms with E-state index in [0.717, 1.165) is 5.69 Å². The van der Waals surface area contributed by atoms with Crippen molar-refractivity contribution in [3.63, 3.8) is 0 Å². The van der Waals surface area contributed by atoms with Crippen molar-refractivity contribution in [3.05, 3.63) is 42.5 Å². The Kier molecular flexibility index (Phi) is 3.12. The number of nitriles is 1. The summed E-state index contributed by atoms with van der Waals surface area (Å²) >= 11 is 0. The van der Waals surface area contributed by atoms with Crippen molar-refractivity contribution in [1.82, 2.24) is 20.1 Å². The fourth-order valence-corrected chi connectivity index (χ4v) is 1.34. The number of rotatable bonds is 3. The Balaban J connectivity index is 2.14. The maximum Gasteiger partial charge on any atom is 0.252 e. The predicted octanol–water partition coefficient (Wildman–Crippen LogP) is 0.521. The SMILES string of the molecule is N#CCNC(=O)c1ccc(-n2cnnc2)cc1. The zero-order chi connectivity index (χ0) is 12.1. The Morgan fingerprint density at radius 3 is 2.53 bits per heavy atom. The molecule has 1 aromatic carbocycles. The van der Waals surface area contributed by atoms with Crippen molar-refractivity contribution >= 4 is 5.91 Å². The predicted molar refractivity (Wildman–Crippen MR) is 59.3 cm³/mol. The first-order valence-corrected chi connectivity index (χ1v) is 4.91. The summed E-state index contributed by atoms with van der Waals surface area (Å²) in [4.78, 5) is 11.5.